The number of likely N-dealkylation sites (tertiary alicyclic amines) is 1. The molecule has 1 saturated carbocycles. The van der Waals surface area contributed by atoms with Crippen LogP contribution in [-0.2, 0) is 0 Å². The molecule has 2 fully saturated rings. The molecule has 11 heavy (non-hydrogen) atoms. The van der Waals surface area contributed by atoms with Crippen molar-refractivity contribution in [2.45, 2.75) is 25.0 Å². The lowest BCUT2D eigenvalue weighted by Crippen LogP contribution is -2.55. The molecule has 1 N–H and O–H groups in total. The van der Waals surface area contributed by atoms with Gasteiger partial charge in [-0.15, -0.1) is 0 Å². The smallest absolute Gasteiger partial charge is 0.101 e. The Hall–Kier alpha value is -0.590. The zero-order valence-corrected chi connectivity index (χ0v) is 6.40. The summed E-state index contributed by atoms with van der Waals surface area (Å²) in [4.78, 5) is 2.07. The minimum absolute atomic E-state index is 0.0957. The summed E-state index contributed by atoms with van der Waals surface area (Å²) in [5.41, 5.74) is 0. The average Bonchev–Trinajstić information content (AvgIpc) is 2.69. The van der Waals surface area contributed by atoms with Crippen molar-refractivity contribution < 1.29 is 5.11 Å². The second-order valence-corrected chi connectivity index (χ2v) is 3.52. The minimum Gasteiger partial charge on any atom is -0.390 e. The van der Waals surface area contributed by atoms with Gasteiger partial charge in [0.05, 0.1) is 12.2 Å². The first-order valence-electron chi connectivity index (χ1n) is 4.13. The van der Waals surface area contributed by atoms with Crippen molar-refractivity contribution in [2.24, 2.45) is 5.92 Å². The van der Waals surface area contributed by atoms with Crippen molar-refractivity contribution in [1.82, 2.24) is 4.90 Å². The number of aliphatic hydroxyl groups excluding tert-OH is 1. The minimum atomic E-state index is -0.176. The van der Waals surface area contributed by atoms with E-state index in [9.17, 15) is 0 Å². The Labute approximate surface area is 66.2 Å². The normalized spacial score (nSPS) is 29.1. The molecule has 0 aromatic heterocycles. The maximum absolute atomic E-state index is 9.01. The van der Waals surface area contributed by atoms with Gasteiger partial charge in [-0.25, -0.2) is 0 Å². The number of rotatable bonds is 2. The van der Waals surface area contributed by atoms with E-state index in [4.69, 9.17) is 10.4 Å². The molecule has 1 unspecified atom stereocenters. The Balaban J connectivity index is 1.87. The SMILES string of the molecule is N#CC(C1CC1)N1CC(O)C1. The summed E-state index contributed by atoms with van der Waals surface area (Å²) in [5.74, 6) is 0.604. The molecule has 60 valence electrons. The zero-order valence-electron chi connectivity index (χ0n) is 6.40. The van der Waals surface area contributed by atoms with Crippen molar-refractivity contribution in [3.05, 3.63) is 0 Å². The van der Waals surface area contributed by atoms with Gasteiger partial charge in [0.2, 0.25) is 0 Å². The first kappa shape index (κ1) is 7.08. The van der Waals surface area contributed by atoms with Crippen LogP contribution in [0.1, 0.15) is 12.8 Å². The predicted molar refractivity (Wildman–Crippen MR) is 39.7 cm³/mol. The van der Waals surface area contributed by atoms with E-state index < -0.39 is 0 Å². The monoisotopic (exact) mass is 152 g/mol. The van der Waals surface area contributed by atoms with Crippen molar-refractivity contribution >= 4 is 0 Å². The van der Waals surface area contributed by atoms with Crippen molar-refractivity contribution in [1.29, 1.82) is 5.26 Å². The van der Waals surface area contributed by atoms with Crippen LogP contribution in [0, 0.1) is 17.2 Å². The van der Waals surface area contributed by atoms with E-state index in [-0.39, 0.29) is 12.1 Å². The molecule has 0 bridgehead atoms. The summed E-state index contributed by atoms with van der Waals surface area (Å²) in [6.45, 7) is 1.41. The van der Waals surface area contributed by atoms with Crippen LogP contribution in [0.15, 0.2) is 0 Å². The summed E-state index contributed by atoms with van der Waals surface area (Å²) >= 11 is 0. The van der Waals surface area contributed by atoms with Crippen LogP contribution >= 0.6 is 0 Å². The van der Waals surface area contributed by atoms with Gasteiger partial charge in [0.15, 0.2) is 0 Å². The van der Waals surface area contributed by atoms with Gasteiger partial charge in [0.1, 0.15) is 6.04 Å². The van der Waals surface area contributed by atoms with E-state index in [0.29, 0.717) is 19.0 Å². The molecule has 0 spiro atoms. The molecule has 0 amide bonds. The number of nitriles is 1. The lowest BCUT2D eigenvalue weighted by atomic mass is 10.1. The summed E-state index contributed by atoms with van der Waals surface area (Å²) < 4.78 is 0. The molecule has 1 saturated heterocycles. The Morgan fingerprint density at radius 1 is 1.45 bits per heavy atom. The largest absolute Gasteiger partial charge is 0.390 e. The fourth-order valence-electron chi connectivity index (χ4n) is 1.61. The Morgan fingerprint density at radius 3 is 2.45 bits per heavy atom. The quantitative estimate of drug-likeness (QED) is 0.604. The number of hydrogen-bond acceptors (Lipinski definition) is 3. The fourth-order valence-corrected chi connectivity index (χ4v) is 1.61. The molecule has 1 aliphatic heterocycles. The first-order chi connectivity index (χ1) is 5.31. The highest BCUT2D eigenvalue weighted by Gasteiger charge is 2.40. The first-order valence-corrected chi connectivity index (χ1v) is 4.13. The third-order valence-electron chi connectivity index (χ3n) is 2.48. The van der Waals surface area contributed by atoms with E-state index >= 15 is 0 Å². The molecule has 1 atom stereocenters. The van der Waals surface area contributed by atoms with Crippen LogP contribution in [0.4, 0.5) is 0 Å². The Kier molecular flexibility index (Phi) is 1.59. The molecule has 3 heteroatoms. The van der Waals surface area contributed by atoms with E-state index in [2.05, 4.69) is 11.0 Å². The zero-order chi connectivity index (χ0) is 7.84. The molecule has 0 radical (unpaired) electrons. The summed E-state index contributed by atoms with van der Waals surface area (Å²) in [5, 5.41) is 17.8. The molecule has 0 aromatic rings. The van der Waals surface area contributed by atoms with Gasteiger partial charge in [-0.2, -0.15) is 5.26 Å². The fraction of sp³-hybridized carbons (Fsp3) is 0.875. The van der Waals surface area contributed by atoms with Gasteiger partial charge >= 0.3 is 0 Å². The van der Waals surface area contributed by atoms with Gasteiger partial charge < -0.3 is 5.11 Å². The summed E-state index contributed by atoms with van der Waals surface area (Å²) in [6, 6.07) is 2.40. The van der Waals surface area contributed by atoms with Crippen molar-refractivity contribution in [3.63, 3.8) is 0 Å². The van der Waals surface area contributed by atoms with E-state index in [1.807, 2.05) is 0 Å². The third-order valence-corrected chi connectivity index (χ3v) is 2.48. The lowest BCUT2D eigenvalue weighted by Gasteiger charge is -2.38. The average molecular weight is 152 g/mol. The van der Waals surface area contributed by atoms with Gasteiger partial charge in [-0.1, -0.05) is 0 Å². The molecule has 1 aliphatic carbocycles. The highest BCUT2D eigenvalue weighted by atomic mass is 16.3. The van der Waals surface area contributed by atoms with E-state index in [0.717, 1.165) is 0 Å². The summed E-state index contributed by atoms with van der Waals surface area (Å²) in [6.07, 6.45) is 2.22. The van der Waals surface area contributed by atoms with Gasteiger partial charge in [-0.05, 0) is 18.8 Å². The topological polar surface area (TPSA) is 47.3 Å². The van der Waals surface area contributed by atoms with Crippen LogP contribution in [0.2, 0.25) is 0 Å². The molecule has 2 aliphatic rings. The summed E-state index contributed by atoms with van der Waals surface area (Å²) in [7, 11) is 0. The molecule has 0 aromatic carbocycles. The Morgan fingerprint density at radius 2 is 2.09 bits per heavy atom. The number of hydrogen-bond donors (Lipinski definition) is 1. The predicted octanol–water partition coefficient (Wildman–Crippen LogP) is -0.0349. The van der Waals surface area contributed by atoms with Crippen LogP contribution < -0.4 is 0 Å². The van der Waals surface area contributed by atoms with E-state index in [1.165, 1.54) is 12.8 Å². The molecule has 3 nitrogen and oxygen atoms in total. The molecular weight excluding hydrogens is 140 g/mol. The van der Waals surface area contributed by atoms with Crippen LogP contribution in [-0.4, -0.2) is 35.2 Å². The molecular formula is C8H12N2O. The number of nitrogens with zero attached hydrogens (tertiary/aromatic N) is 2. The second kappa shape index (κ2) is 2.47. The number of aliphatic hydroxyl groups is 1. The van der Waals surface area contributed by atoms with Gasteiger partial charge in [0, 0.05) is 13.1 Å². The highest BCUT2D eigenvalue weighted by Crippen LogP contribution is 2.36. The maximum Gasteiger partial charge on any atom is 0.101 e. The van der Waals surface area contributed by atoms with Crippen LogP contribution in [0.5, 0.6) is 0 Å². The number of β-amino-alcohol motifs (C(OH)–C–C–N with tert-alkyl or cyclic N) is 1. The second-order valence-electron chi connectivity index (χ2n) is 3.52. The van der Waals surface area contributed by atoms with Crippen molar-refractivity contribution in [2.75, 3.05) is 13.1 Å². The van der Waals surface area contributed by atoms with Gasteiger partial charge in [-0.3, -0.25) is 4.90 Å². The van der Waals surface area contributed by atoms with Crippen LogP contribution in [0.3, 0.4) is 0 Å². The Bertz CT molecular complexity index is 189. The lowest BCUT2D eigenvalue weighted by molar-refractivity contribution is -0.0165. The highest BCUT2D eigenvalue weighted by molar-refractivity contribution is 5.05. The third kappa shape index (κ3) is 1.24. The van der Waals surface area contributed by atoms with Crippen LogP contribution in [0.25, 0.3) is 0 Å². The van der Waals surface area contributed by atoms with Gasteiger partial charge in [0.25, 0.3) is 0 Å². The maximum atomic E-state index is 9.01. The molecule has 2 rings (SSSR count). The van der Waals surface area contributed by atoms with Crippen molar-refractivity contribution in [3.8, 4) is 6.07 Å². The molecule has 1 heterocycles. The standard InChI is InChI=1S/C8H12N2O/c9-3-8(6-1-2-6)10-4-7(11)5-10/h6-8,11H,1-2,4-5H2. The van der Waals surface area contributed by atoms with E-state index in [1.54, 1.807) is 0 Å².